The van der Waals surface area contributed by atoms with Gasteiger partial charge in [0.2, 0.25) is 0 Å². The minimum absolute atomic E-state index is 0.0298. The molecule has 0 radical (unpaired) electrons. The number of carbonyl (C=O) groups excluding carboxylic acids is 1. The van der Waals surface area contributed by atoms with E-state index in [1.165, 1.54) is 18.2 Å². The van der Waals surface area contributed by atoms with Gasteiger partial charge in [-0.15, -0.1) is 0 Å². The summed E-state index contributed by atoms with van der Waals surface area (Å²) in [6.45, 7) is 4.62. The fourth-order valence-corrected chi connectivity index (χ4v) is 2.22. The summed E-state index contributed by atoms with van der Waals surface area (Å²) >= 11 is 0. The molecule has 1 N–H and O–H groups in total. The highest BCUT2D eigenvalue weighted by atomic mass is 16.7. The molecule has 0 saturated carbocycles. The van der Waals surface area contributed by atoms with Gasteiger partial charge in [0.25, 0.3) is 0 Å². The highest BCUT2D eigenvalue weighted by molar-refractivity contribution is 6.10. The van der Waals surface area contributed by atoms with Crippen molar-refractivity contribution in [2.24, 2.45) is 0 Å². The zero-order valence-electron chi connectivity index (χ0n) is 15.5. The average molecular weight is 372 g/mol. The monoisotopic (exact) mass is 372 g/mol. The fourth-order valence-electron chi connectivity index (χ4n) is 2.22. The Bertz CT molecular complexity index is 755. The molecule has 0 aromatic heterocycles. The van der Waals surface area contributed by atoms with Gasteiger partial charge >= 0.3 is 0 Å². The molecule has 2 aromatic carbocycles. The summed E-state index contributed by atoms with van der Waals surface area (Å²) in [4.78, 5) is 12.6. The Morgan fingerprint density at radius 1 is 1.00 bits per heavy atom. The van der Waals surface area contributed by atoms with Crippen molar-refractivity contribution >= 4 is 11.9 Å². The molecule has 0 aliphatic heterocycles. The normalized spacial score (nSPS) is 10.9. The Hall–Kier alpha value is -2.83. The predicted octanol–water partition coefficient (Wildman–Crippen LogP) is 4.03. The number of aromatic hydroxyl groups is 1. The minimum Gasteiger partial charge on any atom is -0.507 e. The molecule has 0 atom stereocenters. The van der Waals surface area contributed by atoms with Gasteiger partial charge in [0, 0.05) is 25.3 Å². The quantitative estimate of drug-likeness (QED) is 0.278. The van der Waals surface area contributed by atoms with Gasteiger partial charge in [0.1, 0.15) is 22.8 Å². The van der Waals surface area contributed by atoms with E-state index in [1.54, 1.807) is 6.08 Å². The van der Waals surface area contributed by atoms with Crippen LogP contribution in [-0.2, 0) is 9.47 Å². The number of phenols is 1. The van der Waals surface area contributed by atoms with Crippen LogP contribution in [0.5, 0.6) is 17.2 Å². The Morgan fingerprint density at radius 3 is 2.33 bits per heavy atom. The number of benzene rings is 2. The number of phenolic OH excluding ortho intramolecular Hbond substituents is 1. The van der Waals surface area contributed by atoms with Crippen molar-refractivity contribution in [1.82, 2.24) is 0 Å². The lowest BCUT2D eigenvalue weighted by Crippen LogP contribution is -2.08. The molecule has 0 fully saturated rings. The number of allylic oxidation sites excluding steroid dienone is 1. The lowest BCUT2D eigenvalue weighted by atomic mass is 10.1. The third kappa shape index (κ3) is 6.44. The first-order valence-electron chi connectivity index (χ1n) is 8.71. The number of carbonyl (C=O) groups is 1. The number of ether oxygens (including phenoxy) is 4. The van der Waals surface area contributed by atoms with E-state index in [0.717, 1.165) is 5.56 Å². The van der Waals surface area contributed by atoms with E-state index in [0.29, 0.717) is 19.0 Å². The van der Waals surface area contributed by atoms with Crippen molar-refractivity contribution in [2.45, 2.75) is 13.8 Å². The zero-order chi connectivity index (χ0) is 19.5. The van der Waals surface area contributed by atoms with Crippen molar-refractivity contribution in [3.8, 4) is 17.2 Å². The van der Waals surface area contributed by atoms with E-state index >= 15 is 0 Å². The van der Waals surface area contributed by atoms with E-state index in [-0.39, 0.29) is 36.4 Å². The molecule has 144 valence electrons. The topological polar surface area (TPSA) is 74.2 Å². The molecule has 6 nitrogen and oxygen atoms in total. The van der Waals surface area contributed by atoms with Crippen LogP contribution in [-0.4, -0.2) is 37.7 Å². The molecular formula is C21H24O6. The summed E-state index contributed by atoms with van der Waals surface area (Å²) < 4.78 is 21.2. The molecule has 0 amide bonds. The van der Waals surface area contributed by atoms with Crippen molar-refractivity contribution in [2.75, 3.05) is 26.8 Å². The van der Waals surface area contributed by atoms with Crippen LogP contribution in [0.2, 0.25) is 0 Å². The molecule has 2 rings (SSSR count). The molecule has 0 aliphatic carbocycles. The fraction of sp³-hybridized carbons (Fsp3) is 0.286. The first kappa shape index (κ1) is 20.5. The van der Waals surface area contributed by atoms with Crippen molar-refractivity contribution in [3.05, 3.63) is 59.7 Å². The molecule has 0 heterocycles. The lowest BCUT2D eigenvalue weighted by molar-refractivity contribution is 0.0177. The lowest BCUT2D eigenvalue weighted by Gasteiger charge is -2.14. The smallest absolute Gasteiger partial charge is 0.193 e. The van der Waals surface area contributed by atoms with Gasteiger partial charge in [-0.1, -0.05) is 36.4 Å². The molecule has 0 bridgehead atoms. The van der Waals surface area contributed by atoms with Crippen LogP contribution in [0.3, 0.4) is 0 Å². The molecule has 2 aromatic rings. The summed E-state index contributed by atoms with van der Waals surface area (Å²) in [7, 11) is 0. The molecule has 6 heteroatoms. The highest BCUT2D eigenvalue weighted by Gasteiger charge is 2.18. The van der Waals surface area contributed by atoms with Crippen LogP contribution >= 0.6 is 0 Å². The predicted molar refractivity (Wildman–Crippen MR) is 102 cm³/mol. The average Bonchev–Trinajstić information content (AvgIpc) is 2.67. The molecule has 0 unspecified atom stereocenters. The Kier molecular flexibility index (Phi) is 8.35. The first-order valence-corrected chi connectivity index (χ1v) is 8.71. The van der Waals surface area contributed by atoms with E-state index in [4.69, 9.17) is 18.9 Å². The van der Waals surface area contributed by atoms with E-state index in [1.807, 2.05) is 44.2 Å². The second-order valence-electron chi connectivity index (χ2n) is 5.43. The largest absolute Gasteiger partial charge is 0.507 e. The van der Waals surface area contributed by atoms with Crippen LogP contribution in [0.15, 0.2) is 48.5 Å². The number of rotatable bonds is 11. The van der Waals surface area contributed by atoms with Crippen LogP contribution < -0.4 is 9.47 Å². The first-order chi connectivity index (χ1) is 13.2. The van der Waals surface area contributed by atoms with Gasteiger partial charge in [-0.3, -0.25) is 4.79 Å². The van der Waals surface area contributed by atoms with Crippen LogP contribution in [0.25, 0.3) is 6.08 Å². The van der Waals surface area contributed by atoms with Gasteiger partial charge in [0.15, 0.2) is 19.4 Å². The second kappa shape index (κ2) is 11.0. The molecular weight excluding hydrogens is 348 g/mol. The maximum Gasteiger partial charge on any atom is 0.193 e. The van der Waals surface area contributed by atoms with E-state index in [9.17, 15) is 9.90 Å². The van der Waals surface area contributed by atoms with Crippen molar-refractivity contribution in [1.29, 1.82) is 0 Å². The summed E-state index contributed by atoms with van der Waals surface area (Å²) in [6, 6.07) is 12.3. The van der Waals surface area contributed by atoms with Gasteiger partial charge in [0.05, 0.1) is 0 Å². The van der Waals surface area contributed by atoms with Gasteiger partial charge in [-0.05, 0) is 25.5 Å². The summed E-state index contributed by atoms with van der Waals surface area (Å²) in [5, 5.41) is 10.4. The summed E-state index contributed by atoms with van der Waals surface area (Å²) in [5.41, 5.74) is 0.921. The van der Waals surface area contributed by atoms with E-state index in [2.05, 4.69) is 0 Å². The zero-order valence-corrected chi connectivity index (χ0v) is 15.5. The van der Waals surface area contributed by atoms with Crippen LogP contribution in [0.4, 0.5) is 0 Å². The Labute approximate surface area is 158 Å². The van der Waals surface area contributed by atoms with Crippen molar-refractivity contribution in [3.63, 3.8) is 0 Å². The molecule has 27 heavy (non-hydrogen) atoms. The minimum atomic E-state index is -0.390. The third-order valence-electron chi connectivity index (χ3n) is 3.54. The second-order valence-corrected chi connectivity index (χ2v) is 5.43. The maximum atomic E-state index is 12.6. The number of hydrogen-bond donors (Lipinski definition) is 1. The summed E-state index contributed by atoms with van der Waals surface area (Å²) in [5.74, 6) is -0.119. The van der Waals surface area contributed by atoms with Gasteiger partial charge in [-0.2, -0.15) is 0 Å². The third-order valence-corrected chi connectivity index (χ3v) is 3.54. The van der Waals surface area contributed by atoms with Gasteiger partial charge in [-0.25, -0.2) is 0 Å². The van der Waals surface area contributed by atoms with E-state index < -0.39 is 0 Å². The molecule has 0 saturated heterocycles. The van der Waals surface area contributed by atoms with Crippen LogP contribution in [0, 0.1) is 0 Å². The SMILES string of the molecule is CCOCOc1cc(O)c(C(=O)/C=C/c2ccccc2)c(OCOCC)c1. The Morgan fingerprint density at radius 2 is 1.67 bits per heavy atom. The van der Waals surface area contributed by atoms with Crippen molar-refractivity contribution < 1.29 is 28.8 Å². The summed E-state index contributed by atoms with van der Waals surface area (Å²) in [6.07, 6.45) is 3.06. The van der Waals surface area contributed by atoms with Gasteiger partial charge < -0.3 is 24.1 Å². The number of ketones is 1. The highest BCUT2D eigenvalue weighted by Crippen LogP contribution is 2.34. The Balaban J connectivity index is 2.25. The van der Waals surface area contributed by atoms with Crippen LogP contribution in [0.1, 0.15) is 29.8 Å². The maximum absolute atomic E-state index is 12.6. The standard InChI is InChI=1S/C21H24O6/c1-3-24-14-26-17-12-19(23)21(20(13-17)27-15-25-4-2)18(22)11-10-16-8-6-5-7-9-16/h5-13,23H,3-4,14-15H2,1-2H3/b11-10+. The molecule has 0 aliphatic rings. The number of hydrogen-bond acceptors (Lipinski definition) is 6. The molecule has 0 spiro atoms.